The molecule has 1 saturated heterocycles. The molecule has 3 rings (SSSR count). The molecule has 0 aliphatic carbocycles. The van der Waals surface area contributed by atoms with Gasteiger partial charge in [-0.1, -0.05) is 18.2 Å². The van der Waals surface area contributed by atoms with Gasteiger partial charge in [0.05, 0.1) is 6.21 Å². The highest BCUT2D eigenvalue weighted by Crippen LogP contribution is 2.20. The number of likely N-dealkylation sites (tertiary alicyclic amines) is 1. The van der Waals surface area contributed by atoms with Gasteiger partial charge in [0.15, 0.2) is 0 Å². The summed E-state index contributed by atoms with van der Waals surface area (Å²) in [5.41, 5.74) is 5.17. The van der Waals surface area contributed by atoms with E-state index in [2.05, 4.69) is 15.5 Å². The molecule has 0 spiro atoms. The third kappa shape index (κ3) is 4.33. The Morgan fingerprint density at radius 3 is 2.54 bits per heavy atom. The number of nitrogens with zero attached hydrogens (tertiary/aromatic N) is 3. The van der Waals surface area contributed by atoms with E-state index in [-0.39, 0.29) is 17.7 Å². The number of hydrogen-bond donors (Lipinski definition) is 1. The Balaban J connectivity index is 1.50. The fraction of sp³-hybridized carbons (Fsp3) is 0.300. The highest BCUT2D eigenvalue weighted by atomic mass is 16.2. The Morgan fingerprint density at radius 1 is 1.15 bits per heavy atom. The average molecular weight is 350 g/mol. The summed E-state index contributed by atoms with van der Waals surface area (Å²) in [5.74, 6) is -0.179. The first kappa shape index (κ1) is 17.8. The largest absolute Gasteiger partial charge is 0.339 e. The van der Waals surface area contributed by atoms with Crippen LogP contribution in [0.2, 0.25) is 0 Å². The second-order valence-corrected chi connectivity index (χ2v) is 6.40. The predicted octanol–water partition coefficient (Wildman–Crippen LogP) is 2.39. The van der Waals surface area contributed by atoms with Gasteiger partial charge in [-0.15, -0.1) is 0 Å². The van der Waals surface area contributed by atoms with Crippen LogP contribution < -0.4 is 5.43 Å². The van der Waals surface area contributed by atoms with Crippen molar-refractivity contribution >= 4 is 18.0 Å². The van der Waals surface area contributed by atoms with Crippen LogP contribution in [0.4, 0.5) is 0 Å². The lowest BCUT2D eigenvalue weighted by Crippen LogP contribution is -2.42. The van der Waals surface area contributed by atoms with Gasteiger partial charge < -0.3 is 4.90 Å². The molecule has 1 aromatic heterocycles. The molecule has 0 radical (unpaired) electrons. The summed E-state index contributed by atoms with van der Waals surface area (Å²) in [6.45, 7) is 3.10. The second-order valence-electron chi connectivity index (χ2n) is 6.40. The Morgan fingerprint density at radius 2 is 1.85 bits per heavy atom. The molecule has 134 valence electrons. The number of rotatable bonds is 4. The van der Waals surface area contributed by atoms with Crippen LogP contribution in [0, 0.1) is 12.8 Å². The molecule has 6 heteroatoms. The number of piperidine rings is 1. The van der Waals surface area contributed by atoms with Crippen LogP contribution in [0.15, 0.2) is 53.9 Å². The predicted molar refractivity (Wildman–Crippen MR) is 99.8 cm³/mol. The lowest BCUT2D eigenvalue weighted by Gasteiger charge is -2.31. The Bertz CT molecular complexity index is 796. The topological polar surface area (TPSA) is 74.7 Å². The summed E-state index contributed by atoms with van der Waals surface area (Å²) >= 11 is 0. The van der Waals surface area contributed by atoms with Crippen LogP contribution in [0.1, 0.15) is 34.3 Å². The maximum Gasteiger partial charge on any atom is 0.254 e. The first-order chi connectivity index (χ1) is 12.6. The van der Waals surface area contributed by atoms with Crippen molar-refractivity contribution in [1.29, 1.82) is 0 Å². The van der Waals surface area contributed by atoms with Crippen molar-refractivity contribution in [3.05, 3.63) is 65.5 Å². The van der Waals surface area contributed by atoms with E-state index in [1.54, 1.807) is 18.6 Å². The van der Waals surface area contributed by atoms with E-state index >= 15 is 0 Å². The van der Waals surface area contributed by atoms with Crippen LogP contribution >= 0.6 is 0 Å². The maximum atomic E-state index is 12.6. The van der Waals surface area contributed by atoms with Gasteiger partial charge in [-0.2, -0.15) is 5.10 Å². The minimum atomic E-state index is -0.120. The normalized spacial score (nSPS) is 15.2. The molecule has 1 N–H and O–H groups in total. The number of nitrogens with one attached hydrogen (secondary N) is 1. The third-order valence-corrected chi connectivity index (χ3v) is 4.62. The van der Waals surface area contributed by atoms with Crippen LogP contribution in [-0.4, -0.2) is 41.0 Å². The van der Waals surface area contributed by atoms with E-state index in [0.717, 1.165) is 16.7 Å². The van der Waals surface area contributed by atoms with Crippen LogP contribution in [0.3, 0.4) is 0 Å². The number of aromatic nitrogens is 1. The highest BCUT2D eigenvalue weighted by Gasteiger charge is 2.28. The molecular formula is C20H22N4O2. The van der Waals surface area contributed by atoms with Gasteiger partial charge in [-0.25, -0.2) is 5.43 Å². The zero-order valence-corrected chi connectivity index (χ0v) is 14.8. The summed E-state index contributed by atoms with van der Waals surface area (Å²) < 4.78 is 0. The molecule has 0 unspecified atom stereocenters. The molecular weight excluding hydrogens is 328 g/mol. The molecule has 1 fully saturated rings. The number of carbonyl (C=O) groups is 2. The summed E-state index contributed by atoms with van der Waals surface area (Å²) in [7, 11) is 0. The van der Waals surface area contributed by atoms with E-state index in [1.807, 2.05) is 48.2 Å². The van der Waals surface area contributed by atoms with Gasteiger partial charge in [0.1, 0.15) is 0 Å². The molecule has 1 aliphatic heterocycles. The molecule has 1 aliphatic rings. The third-order valence-electron chi connectivity index (χ3n) is 4.62. The van der Waals surface area contributed by atoms with Gasteiger partial charge in [0.2, 0.25) is 5.91 Å². The van der Waals surface area contributed by atoms with Crippen molar-refractivity contribution in [2.75, 3.05) is 13.1 Å². The summed E-state index contributed by atoms with van der Waals surface area (Å²) in [5, 5.41) is 4.00. The zero-order valence-electron chi connectivity index (χ0n) is 14.8. The molecule has 0 atom stereocenters. The van der Waals surface area contributed by atoms with Crippen molar-refractivity contribution in [1.82, 2.24) is 15.3 Å². The fourth-order valence-electron chi connectivity index (χ4n) is 3.04. The van der Waals surface area contributed by atoms with Crippen molar-refractivity contribution in [2.45, 2.75) is 19.8 Å². The molecule has 2 heterocycles. The molecule has 0 bridgehead atoms. The van der Waals surface area contributed by atoms with Gasteiger partial charge in [-0.3, -0.25) is 14.6 Å². The van der Waals surface area contributed by atoms with Crippen molar-refractivity contribution in [2.24, 2.45) is 11.0 Å². The number of pyridine rings is 1. The van der Waals surface area contributed by atoms with Gasteiger partial charge in [0.25, 0.3) is 5.91 Å². The molecule has 26 heavy (non-hydrogen) atoms. The quantitative estimate of drug-likeness (QED) is 0.680. The number of aryl methyl sites for hydroxylation is 1. The summed E-state index contributed by atoms with van der Waals surface area (Å²) in [6, 6.07) is 11.2. The van der Waals surface area contributed by atoms with Crippen molar-refractivity contribution < 1.29 is 9.59 Å². The maximum absolute atomic E-state index is 12.6. The second kappa shape index (κ2) is 8.38. The Kier molecular flexibility index (Phi) is 5.73. The lowest BCUT2D eigenvalue weighted by atomic mass is 9.95. The van der Waals surface area contributed by atoms with Gasteiger partial charge >= 0.3 is 0 Å². The molecule has 2 amide bonds. The van der Waals surface area contributed by atoms with E-state index in [0.29, 0.717) is 25.9 Å². The zero-order chi connectivity index (χ0) is 18.4. The Hall–Kier alpha value is -3.02. The van der Waals surface area contributed by atoms with E-state index < -0.39 is 0 Å². The van der Waals surface area contributed by atoms with Crippen LogP contribution in [-0.2, 0) is 4.79 Å². The van der Waals surface area contributed by atoms with Crippen molar-refractivity contribution in [3.8, 4) is 0 Å². The number of benzene rings is 1. The van der Waals surface area contributed by atoms with Gasteiger partial charge in [-0.05, 0) is 49.1 Å². The monoisotopic (exact) mass is 350 g/mol. The summed E-state index contributed by atoms with van der Waals surface area (Å²) in [4.78, 5) is 30.6. The van der Waals surface area contributed by atoms with E-state index in [9.17, 15) is 9.59 Å². The number of amides is 2. The highest BCUT2D eigenvalue weighted by molar-refractivity contribution is 5.95. The molecule has 2 aromatic rings. The number of carbonyl (C=O) groups excluding carboxylic acids is 2. The molecule has 1 aromatic carbocycles. The molecule has 0 saturated carbocycles. The van der Waals surface area contributed by atoms with Crippen LogP contribution in [0.5, 0.6) is 0 Å². The smallest absolute Gasteiger partial charge is 0.254 e. The first-order valence-electron chi connectivity index (χ1n) is 8.73. The minimum Gasteiger partial charge on any atom is -0.339 e. The first-order valence-corrected chi connectivity index (χ1v) is 8.73. The minimum absolute atomic E-state index is 0.0395. The Labute approximate surface area is 152 Å². The standard InChI is InChI=1S/C20H22N4O2/c1-15-4-2-3-5-18(15)20(26)24-12-8-17(9-13-24)19(25)23-22-14-16-6-10-21-11-7-16/h2-7,10-11,14,17H,8-9,12-13H2,1H3,(H,23,25)/b22-14-. The van der Waals surface area contributed by atoms with Crippen molar-refractivity contribution in [3.63, 3.8) is 0 Å². The van der Waals surface area contributed by atoms with Gasteiger partial charge in [0, 0.05) is 37.0 Å². The van der Waals surface area contributed by atoms with E-state index in [4.69, 9.17) is 0 Å². The van der Waals surface area contributed by atoms with Crippen LogP contribution in [0.25, 0.3) is 0 Å². The number of hydrazone groups is 1. The SMILES string of the molecule is Cc1ccccc1C(=O)N1CCC(C(=O)N/N=C\c2ccncc2)CC1. The molecule has 6 nitrogen and oxygen atoms in total. The average Bonchev–Trinajstić information content (AvgIpc) is 2.69. The van der Waals surface area contributed by atoms with E-state index in [1.165, 1.54) is 0 Å². The lowest BCUT2D eigenvalue weighted by molar-refractivity contribution is -0.126. The number of hydrogen-bond acceptors (Lipinski definition) is 4. The summed E-state index contributed by atoms with van der Waals surface area (Å²) in [6.07, 6.45) is 6.23. The fourth-order valence-corrected chi connectivity index (χ4v) is 3.04.